The molecule has 6 heteroatoms. The highest BCUT2D eigenvalue weighted by molar-refractivity contribution is 4.90. The molecule has 3 heterocycles. The smallest absolute Gasteiger partial charge is 0.0596 e. The summed E-state index contributed by atoms with van der Waals surface area (Å²) in [5.41, 5.74) is 5.87. The van der Waals surface area contributed by atoms with Crippen LogP contribution in [0.3, 0.4) is 0 Å². The van der Waals surface area contributed by atoms with E-state index in [0.29, 0.717) is 24.3 Å². The van der Waals surface area contributed by atoms with Gasteiger partial charge in [0.2, 0.25) is 0 Å². The Kier molecular flexibility index (Phi) is 7.73. The maximum Gasteiger partial charge on any atom is 0.0596 e. The topological polar surface area (TPSA) is 59.8 Å². The van der Waals surface area contributed by atoms with Crippen molar-refractivity contribution in [3.8, 4) is 0 Å². The number of hydrogen-bond acceptors (Lipinski definition) is 6. The van der Waals surface area contributed by atoms with E-state index in [4.69, 9.17) is 5.73 Å². The van der Waals surface area contributed by atoms with E-state index < -0.39 is 0 Å². The van der Waals surface area contributed by atoms with Gasteiger partial charge in [-0.1, -0.05) is 6.92 Å². The van der Waals surface area contributed by atoms with E-state index in [2.05, 4.69) is 46.4 Å². The zero-order chi connectivity index (χ0) is 18.5. The van der Waals surface area contributed by atoms with Gasteiger partial charge in [0, 0.05) is 50.3 Å². The number of rotatable bonds is 7. The lowest BCUT2D eigenvalue weighted by Crippen LogP contribution is -2.59. The van der Waals surface area contributed by atoms with Crippen LogP contribution in [0.5, 0.6) is 0 Å². The lowest BCUT2D eigenvalue weighted by Gasteiger charge is -2.42. The number of piperidine rings is 2. The Balaban J connectivity index is 1.38. The molecule has 0 saturated carbocycles. The molecule has 6 nitrogen and oxygen atoms in total. The Bertz CT molecular complexity index is 419. The Morgan fingerprint density at radius 1 is 0.923 bits per heavy atom. The van der Waals surface area contributed by atoms with Crippen LogP contribution in [0.2, 0.25) is 0 Å². The summed E-state index contributed by atoms with van der Waals surface area (Å²) in [5, 5.41) is 7.79. The van der Waals surface area contributed by atoms with Gasteiger partial charge in [-0.15, -0.1) is 0 Å². The van der Waals surface area contributed by atoms with Crippen molar-refractivity contribution in [2.45, 2.75) is 75.8 Å². The van der Waals surface area contributed by atoms with Gasteiger partial charge in [-0.2, -0.15) is 0 Å². The number of nitrogens with one attached hydrogen (secondary N) is 2. The van der Waals surface area contributed by atoms with Crippen molar-refractivity contribution in [2.75, 3.05) is 53.4 Å². The first kappa shape index (κ1) is 20.5. The van der Waals surface area contributed by atoms with Crippen LogP contribution in [0, 0.1) is 0 Å². The van der Waals surface area contributed by atoms with Crippen LogP contribution >= 0.6 is 0 Å². The van der Waals surface area contributed by atoms with E-state index in [1.165, 1.54) is 51.6 Å². The van der Waals surface area contributed by atoms with Crippen molar-refractivity contribution in [3.05, 3.63) is 0 Å². The number of likely N-dealkylation sites (tertiary alicyclic amines) is 3. The molecule has 152 valence electrons. The van der Waals surface area contributed by atoms with Crippen molar-refractivity contribution in [2.24, 2.45) is 5.73 Å². The molecule has 0 aliphatic carbocycles. The molecule has 0 aromatic rings. The van der Waals surface area contributed by atoms with Crippen molar-refractivity contribution < 1.29 is 0 Å². The van der Waals surface area contributed by atoms with Crippen LogP contribution in [0.1, 0.15) is 45.4 Å². The molecule has 4 N–H and O–H groups in total. The first-order valence-corrected chi connectivity index (χ1v) is 10.9. The predicted molar refractivity (Wildman–Crippen MR) is 109 cm³/mol. The van der Waals surface area contributed by atoms with Crippen LogP contribution in [0.15, 0.2) is 0 Å². The monoisotopic (exact) mass is 366 g/mol. The Hall–Kier alpha value is -0.240. The van der Waals surface area contributed by atoms with Crippen LogP contribution < -0.4 is 16.4 Å². The first-order chi connectivity index (χ1) is 12.6. The average molecular weight is 367 g/mol. The molecule has 5 unspecified atom stereocenters. The van der Waals surface area contributed by atoms with Gasteiger partial charge < -0.3 is 21.3 Å². The van der Waals surface area contributed by atoms with E-state index >= 15 is 0 Å². The van der Waals surface area contributed by atoms with Crippen molar-refractivity contribution in [1.82, 2.24) is 25.3 Å². The highest BCUT2D eigenvalue weighted by Gasteiger charge is 2.31. The zero-order valence-electron chi connectivity index (χ0n) is 17.3. The molecule has 0 spiro atoms. The predicted octanol–water partition coefficient (Wildman–Crippen LogP) is 0.492. The fraction of sp³-hybridized carbons (Fsp3) is 1.00. The molecule has 3 fully saturated rings. The molecule has 0 aromatic carbocycles. The summed E-state index contributed by atoms with van der Waals surface area (Å²) in [4.78, 5) is 7.61. The van der Waals surface area contributed by atoms with Crippen molar-refractivity contribution >= 4 is 0 Å². The minimum atomic E-state index is 0.544. The summed E-state index contributed by atoms with van der Waals surface area (Å²) in [6, 6.07) is 2.58. The third-order valence-corrected chi connectivity index (χ3v) is 7.05. The Morgan fingerprint density at radius 3 is 2.31 bits per heavy atom. The number of hydrogen-bond donors (Lipinski definition) is 3. The molecule has 0 radical (unpaired) electrons. The van der Waals surface area contributed by atoms with E-state index in [1.807, 2.05) is 0 Å². The quantitative estimate of drug-likeness (QED) is 0.610. The van der Waals surface area contributed by atoms with Gasteiger partial charge in [-0.3, -0.25) is 9.80 Å². The summed E-state index contributed by atoms with van der Waals surface area (Å²) in [5.74, 6) is 0. The lowest BCUT2D eigenvalue weighted by atomic mass is 9.96. The summed E-state index contributed by atoms with van der Waals surface area (Å²) in [6.07, 6.45) is 8.30. The molecule has 26 heavy (non-hydrogen) atoms. The van der Waals surface area contributed by atoms with E-state index in [-0.39, 0.29) is 0 Å². The van der Waals surface area contributed by atoms with E-state index in [9.17, 15) is 0 Å². The lowest BCUT2D eigenvalue weighted by molar-refractivity contribution is 0.0976. The Morgan fingerprint density at radius 2 is 1.65 bits per heavy atom. The molecule has 0 amide bonds. The fourth-order valence-corrected chi connectivity index (χ4v) is 5.32. The SMILES string of the molecule is CCN1CCCC1CNC1CCC(NC2CCC(CN)N(C)C2)CN1C. The van der Waals surface area contributed by atoms with Crippen molar-refractivity contribution in [3.63, 3.8) is 0 Å². The molecule has 3 aliphatic heterocycles. The summed E-state index contributed by atoms with van der Waals surface area (Å²) < 4.78 is 0. The van der Waals surface area contributed by atoms with Gasteiger partial charge in [0.05, 0.1) is 6.17 Å². The molecule has 3 rings (SSSR count). The minimum Gasteiger partial charge on any atom is -0.329 e. The third kappa shape index (κ3) is 5.18. The Labute approximate surface area is 160 Å². The van der Waals surface area contributed by atoms with E-state index in [0.717, 1.165) is 32.2 Å². The van der Waals surface area contributed by atoms with Gasteiger partial charge in [0.1, 0.15) is 0 Å². The van der Waals surface area contributed by atoms with Gasteiger partial charge in [-0.25, -0.2) is 0 Å². The highest BCUT2D eigenvalue weighted by atomic mass is 15.3. The van der Waals surface area contributed by atoms with Crippen molar-refractivity contribution in [1.29, 1.82) is 0 Å². The molecule has 3 aliphatic rings. The fourth-order valence-electron chi connectivity index (χ4n) is 5.32. The zero-order valence-corrected chi connectivity index (χ0v) is 17.3. The number of likely N-dealkylation sites (N-methyl/N-ethyl adjacent to an activating group) is 3. The second kappa shape index (κ2) is 9.80. The maximum atomic E-state index is 5.87. The summed E-state index contributed by atoms with van der Waals surface area (Å²) in [6.45, 7) is 9.00. The normalized spacial score (nSPS) is 38.1. The second-order valence-electron chi connectivity index (χ2n) is 8.83. The molecule has 3 saturated heterocycles. The molecular weight excluding hydrogens is 324 g/mol. The number of nitrogens with zero attached hydrogens (tertiary/aromatic N) is 3. The third-order valence-electron chi connectivity index (χ3n) is 7.05. The first-order valence-electron chi connectivity index (χ1n) is 10.9. The van der Waals surface area contributed by atoms with Crippen LogP contribution in [-0.2, 0) is 0 Å². The van der Waals surface area contributed by atoms with Gasteiger partial charge in [0.15, 0.2) is 0 Å². The molecule has 0 aromatic heterocycles. The number of nitrogens with two attached hydrogens (primary N) is 1. The van der Waals surface area contributed by atoms with Crippen LogP contribution in [-0.4, -0.2) is 98.4 Å². The molecular formula is C20H42N6. The van der Waals surface area contributed by atoms with Gasteiger partial charge >= 0.3 is 0 Å². The second-order valence-corrected chi connectivity index (χ2v) is 8.83. The minimum absolute atomic E-state index is 0.544. The largest absolute Gasteiger partial charge is 0.329 e. The average Bonchev–Trinajstić information content (AvgIpc) is 3.09. The van der Waals surface area contributed by atoms with Gasteiger partial charge in [-0.05, 0) is 65.7 Å². The maximum absolute atomic E-state index is 5.87. The highest BCUT2D eigenvalue weighted by Crippen LogP contribution is 2.20. The summed E-state index contributed by atoms with van der Waals surface area (Å²) in [7, 11) is 4.51. The molecule has 0 bridgehead atoms. The standard InChI is InChI=1S/C20H42N6/c1-4-26-11-5-6-19(26)13-22-20-10-8-17(15-25(20)3)23-16-7-9-18(12-21)24(2)14-16/h16-20,22-23H,4-15,21H2,1-3H3. The molecule has 5 atom stereocenters. The van der Waals surface area contributed by atoms with Crippen LogP contribution in [0.25, 0.3) is 0 Å². The summed E-state index contributed by atoms with van der Waals surface area (Å²) >= 11 is 0. The van der Waals surface area contributed by atoms with Crippen LogP contribution in [0.4, 0.5) is 0 Å². The van der Waals surface area contributed by atoms with E-state index in [1.54, 1.807) is 0 Å². The van der Waals surface area contributed by atoms with Gasteiger partial charge in [0.25, 0.3) is 0 Å².